The largest absolute Gasteiger partial charge is 0.507 e. The van der Waals surface area contributed by atoms with Gasteiger partial charge < -0.3 is 24.2 Å². The minimum Gasteiger partial charge on any atom is -0.507 e. The number of amides is 1. The first-order valence-corrected chi connectivity index (χ1v) is 7.38. The summed E-state index contributed by atoms with van der Waals surface area (Å²) in [5.74, 6) is -0.872. The molecule has 0 radical (unpaired) electrons. The Morgan fingerprint density at radius 1 is 1.30 bits per heavy atom. The maximum Gasteiger partial charge on any atom is 0.342 e. The zero-order valence-electron chi connectivity index (χ0n) is 13.4. The van der Waals surface area contributed by atoms with E-state index in [0.29, 0.717) is 18.8 Å². The second kappa shape index (κ2) is 7.32. The Hall–Kier alpha value is -2.28. The van der Waals surface area contributed by atoms with E-state index in [1.165, 1.54) is 25.3 Å². The third-order valence-electron chi connectivity index (χ3n) is 3.52. The number of phenolic OH excluding ortho intramolecular Hbond substituents is 1. The van der Waals surface area contributed by atoms with Crippen LogP contribution >= 0.6 is 0 Å². The zero-order chi connectivity index (χ0) is 17.0. The first-order valence-electron chi connectivity index (χ1n) is 7.38. The van der Waals surface area contributed by atoms with Gasteiger partial charge in [0.2, 0.25) is 0 Å². The van der Waals surface area contributed by atoms with Crippen molar-refractivity contribution in [1.82, 2.24) is 4.90 Å². The summed E-state index contributed by atoms with van der Waals surface area (Å²) in [5.41, 5.74) is -0.0117. The van der Waals surface area contributed by atoms with E-state index in [0.717, 1.165) is 0 Å². The maximum atomic E-state index is 12.1. The normalized spacial score (nSPS) is 20.9. The van der Waals surface area contributed by atoms with Crippen molar-refractivity contribution in [1.29, 1.82) is 0 Å². The van der Waals surface area contributed by atoms with E-state index in [-0.39, 0.29) is 36.0 Å². The molecule has 1 aromatic carbocycles. The van der Waals surface area contributed by atoms with Gasteiger partial charge in [0.15, 0.2) is 6.61 Å². The van der Waals surface area contributed by atoms with Gasteiger partial charge in [0, 0.05) is 19.2 Å². The highest BCUT2D eigenvalue weighted by Gasteiger charge is 2.26. The SMILES string of the molecule is COc1ccc(C(=O)OCC(=O)N2C[C@@H](C)O[C@@H](C)C2)c(O)c1. The number of rotatable bonds is 4. The van der Waals surface area contributed by atoms with Crippen LogP contribution in [0, 0.1) is 0 Å². The van der Waals surface area contributed by atoms with E-state index in [1.54, 1.807) is 4.90 Å². The smallest absolute Gasteiger partial charge is 0.342 e. The molecule has 1 N–H and O–H groups in total. The molecule has 1 amide bonds. The molecule has 1 fully saturated rings. The van der Waals surface area contributed by atoms with Crippen molar-refractivity contribution in [2.24, 2.45) is 0 Å². The number of nitrogens with zero attached hydrogens (tertiary/aromatic N) is 1. The lowest BCUT2D eigenvalue weighted by atomic mass is 10.2. The fourth-order valence-corrected chi connectivity index (χ4v) is 2.49. The number of carbonyl (C=O) groups is 2. The Kier molecular flexibility index (Phi) is 5.44. The number of ether oxygens (including phenoxy) is 3. The van der Waals surface area contributed by atoms with Crippen molar-refractivity contribution >= 4 is 11.9 Å². The summed E-state index contributed by atoms with van der Waals surface area (Å²) in [6.45, 7) is 4.33. The standard InChI is InChI=1S/C16H21NO6/c1-10-7-17(8-11(2)23-10)15(19)9-22-16(20)13-5-4-12(21-3)6-14(13)18/h4-6,10-11,18H,7-9H2,1-3H3/t10-,11+. The topological polar surface area (TPSA) is 85.3 Å². The summed E-state index contributed by atoms with van der Waals surface area (Å²) in [5, 5.41) is 9.78. The van der Waals surface area contributed by atoms with Crippen LogP contribution in [0.1, 0.15) is 24.2 Å². The number of hydrogen-bond acceptors (Lipinski definition) is 6. The first kappa shape index (κ1) is 17.1. The molecule has 2 rings (SSSR count). The van der Waals surface area contributed by atoms with E-state index in [9.17, 15) is 14.7 Å². The van der Waals surface area contributed by atoms with Crippen LogP contribution < -0.4 is 4.74 Å². The molecular formula is C16H21NO6. The van der Waals surface area contributed by atoms with Crippen LogP contribution in [0.3, 0.4) is 0 Å². The summed E-state index contributed by atoms with van der Waals surface area (Å²) >= 11 is 0. The summed E-state index contributed by atoms with van der Waals surface area (Å²) < 4.78 is 15.5. The highest BCUT2D eigenvalue weighted by Crippen LogP contribution is 2.24. The van der Waals surface area contributed by atoms with Crippen molar-refractivity contribution in [2.75, 3.05) is 26.8 Å². The molecule has 126 valence electrons. The summed E-state index contributed by atoms with van der Waals surface area (Å²) in [6, 6.07) is 4.23. The van der Waals surface area contributed by atoms with E-state index < -0.39 is 5.97 Å². The van der Waals surface area contributed by atoms with Gasteiger partial charge >= 0.3 is 5.97 Å². The van der Waals surface area contributed by atoms with Gasteiger partial charge in [-0.15, -0.1) is 0 Å². The van der Waals surface area contributed by atoms with Gasteiger partial charge in [-0.05, 0) is 26.0 Å². The molecule has 1 aromatic rings. The van der Waals surface area contributed by atoms with Crippen molar-refractivity contribution in [3.05, 3.63) is 23.8 Å². The number of aromatic hydroxyl groups is 1. The van der Waals surface area contributed by atoms with E-state index in [2.05, 4.69) is 0 Å². The zero-order valence-corrected chi connectivity index (χ0v) is 13.4. The molecule has 1 heterocycles. The molecule has 0 aromatic heterocycles. The highest BCUT2D eigenvalue weighted by molar-refractivity contribution is 5.94. The van der Waals surface area contributed by atoms with Crippen molar-refractivity contribution in [2.45, 2.75) is 26.1 Å². The van der Waals surface area contributed by atoms with Gasteiger partial charge in [-0.2, -0.15) is 0 Å². The molecule has 0 unspecified atom stereocenters. The number of morpholine rings is 1. The molecule has 1 aliphatic rings. The lowest BCUT2D eigenvalue weighted by Gasteiger charge is -2.35. The number of hydrogen-bond donors (Lipinski definition) is 1. The molecule has 7 nitrogen and oxygen atoms in total. The Morgan fingerprint density at radius 2 is 1.96 bits per heavy atom. The number of methoxy groups -OCH3 is 1. The Labute approximate surface area is 134 Å². The van der Waals surface area contributed by atoms with Crippen molar-refractivity contribution < 1.29 is 28.9 Å². The fourth-order valence-electron chi connectivity index (χ4n) is 2.49. The van der Waals surface area contributed by atoms with Crippen molar-refractivity contribution in [3.8, 4) is 11.5 Å². The Morgan fingerprint density at radius 3 is 2.52 bits per heavy atom. The number of phenols is 1. The molecule has 0 aliphatic carbocycles. The van der Waals surface area contributed by atoms with Gasteiger partial charge in [0.25, 0.3) is 5.91 Å². The van der Waals surface area contributed by atoms with E-state index in [1.807, 2.05) is 13.8 Å². The molecule has 0 spiro atoms. The van der Waals surface area contributed by atoms with Crippen LogP contribution in [-0.2, 0) is 14.3 Å². The third-order valence-corrected chi connectivity index (χ3v) is 3.52. The average molecular weight is 323 g/mol. The predicted molar refractivity (Wildman–Crippen MR) is 81.5 cm³/mol. The van der Waals surface area contributed by atoms with Crippen LogP contribution in [-0.4, -0.2) is 60.9 Å². The van der Waals surface area contributed by atoms with Crippen molar-refractivity contribution in [3.63, 3.8) is 0 Å². The summed E-state index contributed by atoms with van der Waals surface area (Å²) in [7, 11) is 1.45. The molecule has 1 saturated heterocycles. The minimum absolute atomic E-state index is 0.0117. The van der Waals surface area contributed by atoms with Gasteiger partial charge in [0.05, 0.1) is 19.3 Å². The van der Waals surface area contributed by atoms with Gasteiger partial charge in [-0.3, -0.25) is 4.79 Å². The quantitative estimate of drug-likeness (QED) is 0.838. The van der Waals surface area contributed by atoms with Gasteiger partial charge in [0.1, 0.15) is 17.1 Å². The second-order valence-corrected chi connectivity index (χ2v) is 5.52. The van der Waals surface area contributed by atoms with Gasteiger partial charge in [-0.25, -0.2) is 4.79 Å². The summed E-state index contributed by atoms with van der Waals surface area (Å²) in [4.78, 5) is 25.7. The molecule has 1 aliphatic heterocycles. The number of esters is 1. The maximum absolute atomic E-state index is 12.1. The molecular weight excluding hydrogens is 302 g/mol. The molecule has 23 heavy (non-hydrogen) atoms. The molecule has 2 atom stereocenters. The first-order chi connectivity index (χ1) is 10.9. The fraction of sp³-hybridized carbons (Fsp3) is 0.500. The Bertz CT molecular complexity index is 578. The minimum atomic E-state index is -0.757. The third kappa shape index (κ3) is 4.35. The lowest BCUT2D eigenvalue weighted by molar-refractivity contribution is -0.146. The average Bonchev–Trinajstić information content (AvgIpc) is 2.51. The molecule has 0 saturated carbocycles. The van der Waals surface area contributed by atoms with E-state index in [4.69, 9.17) is 14.2 Å². The van der Waals surface area contributed by atoms with Gasteiger partial charge in [-0.1, -0.05) is 0 Å². The Balaban J connectivity index is 1.92. The predicted octanol–water partition coefficient (Wildman–Crippen LogP) is 1.19. The highest BCUT2D eigenvalue weighted by atomic mass is 16.5. The van der Waals surface area contributed by atoms with Crippen LogP contribution in [0.5, 0.6) is 11.5 Å². The van der Waals surface area contributed by atoms with E-state index >= 15 is 0 Å². The number of carbonyl (C=O) groups excluding carboxylic acids is 2. The summed E-state index contributed by atoms with van der Waals surface area (Å²) in [6.07, 6.45) is -0.104. The second-order valence-electron chi connectivity index (χ2n) is 5.52. The lowest BCUT2D eigenvalue weighted by Crippen LogP contribution is -2.49. The van der Waals surface area contributed by atoms with Crippen LogP contribution in [0.2, 0.25) is 0 Å². The number of benzene rings is 1. The van der Waals surface area contributed by atoms with Crippen LogP contribution in [0.4, 0.5) is 0 Å². The molecule has 0 bridgehead atoms. The molecule has 7 heteroatoms. The monoisotopic (exact) mass is 323 g/mol. The van der Waals surface area contributed by atoms with Crippen LogP contribution in [0.25, 0.3) is 0 Å². The van der Waals surface area contributed by atoms with Crippen LogP contribution in [0.15, 0.2) is 18.2 Å².